The van der Waals surface area contributed by atoms with Gasteiger partial charge in [-0.1, -0.05) is 0 Å². The third-order valence-electron chi connectivity index (χ3n) is 4.19. The Kier molecular flexibility index (Phi) is 6.97. The van der Waals surface area contributed by atoms with E-state index < -0.39 is 11.6 Å². The molecule has 0 atom stereocenters. The van der Waals surface area contributed by atoms with Crippen LogP contribution in [0.25, 0.3) is 10.9 Å². The molecular formula is C20H28N4O4S. The van der Waals surface area contributed by atoms with Crippen LogP contribution in [0, 0.1) is 4.77 Å². The van der Waals surface area contributed by atoms with E-state index in [1.54, 1.807) is 46.0 Å². The predicted octanol–water partition coefficient (Wildman–Crippen LogP) is 1.94. The first kappa shape index (κ1) is 22.8. The molecule has 0 unspecified atom stereocenters. The first-order chi connectivity index (χ1) is 13.4. The molecule has 0 radical (unpaired) electrons. The minimum absolute atomic E-state index is 0.158. The van der Waals surface area contributed by atoms with Gasteiger partial charge in [0, 0.05) is 25.7 Å². The zero-order chi connectivity index (χ0) is 21.9. The van der Waals surface area contributed by atoms with E-state index in [0.29, 0.717) is 29.6 Å². The van der Waals surface area contributed by atoms with Crippen LogP contribution in [0.1, 0.15) is 31.1 Å². The lowest BCUT2D eigenvalue weighted by molar-refractivity contribution is -0.155. The summed E-state index contributed by atoms with van der Waals surface area (Å²) in [6.45, 7) is 6.13. The number of nitrogens with one attached hydrogen (secondary N) is 1. The van der Waals surface area contributed by atoms with Crippen molar-refractivity contribution in [2.45, 2.75) is 26.4 Å². The number of aromatic nitrogens is 2. The number of benzene rings is 1. The lowest BCUT2D eigenvalue weighted by Crippen LogP contribution is -2.42. The van der Waals surface area contributed by atoms with E-state index in [1.807, 2.05) is 19.0 Å². The van der Waals surface area contributed by atoms with Crippen molar-refractivity contribution in [2.24, 2.45) is 7.05 Å². The lowest BCUT2D eigenvalue weighted by Gasteiger charge is -2.26. The normalized spacial score (nSPS) is 11.7. The van der Waals surface area contributed by atoms with Crippen molar-refractivity contribution in [3.8, 4) is 0 Å². The summed E-state index contributed by atoms with van der Waals surface area (Å²) in [7, 11) is 5.37. The molecule has 0 aliphatic heterocycles. The van der Waals surface area contributed by atoms with Gasteiger partial charge in [0.2, 0.25) is 0 Å². The van der Waals surface area contributed by atoms with Gasteiger partial charge in [0.1, 0.15) is 12.1 Å². The van der Waals surface area contributed by atoms with Gasteiger partial charge in [0.05, 0.1) is 10.9 Å². The summed E-state index contributed by atoms with van der Waals surface area (Å²) in [6, 6.07) is 4.76. The topological polar surface area (TPSA) is 87.6 Å². The molecule has 2 aromatic rings. The number of esters is 1. The van der Waals surface area contributed by atoms with Crippen molar-refractivity contribution in [2.75, 3.05) is 33.7 Å². The lowest BCUT2D eigenvalue weighted by atomic mass is 10.1. The Morgan fingerprint density at radius 1 is 1.21 bits per heavy atom. The molecule has 0 saturated carbocycles. The minimum atomic E-state index is -0.634. The number of H-pyrrole nitrogens is 1. The van der Waals surface area contributed by atoms with Crippen LogP contribution in [0.2, 0.25) is 0 Å². The van der Waals surface area contributed by atoms with Crippen LogP contribution in [0.5, 0.6) is 0 Å². The number of aromatic amines is 1. The second-order valence-corrected chi connectivity index (χ2v) is 8.56. The third-order valence-corrected chi connectivity index (χ3v) is 4.57. The zero-order valence-corrected chi connectivity index (χ0v) is 18.6. The highest BCUT2D eigenvalue weighted by atomic mass is 32.1. The fraction of sp³-hybridized carbons (Fsp3) is 0.500. The molecule has 29 heavy (non-hydrogen) atoms. The minimum Gasteiger partial charge on any atom is -0.459 e. The van der Waals surface area contributed by atoms with Crippen LogP contribution in [-0.4, -0.2) is 70.6 Å². The number of carbonyl (C=O) groups excluding carboxylic acids is 2. The Labute approximate surface area is 175 Å². The maximum Gasteiger partial charge on any atom is 0.326 e. The molecule has 2 rings (SSSR count). The number of carbonyl (C=O) groups is 2. The highest BCUT2D eigenvalue weighted by molar-refractivity contribution is 7.71. The highest BCUT2D eigenvalue weighted by Crippen LogP contribution is 2.14. The standard InChI is InChI=1S/C20H28N4O4S/c1-20(2,3)28-16(25)12-24(10-9-22(4)5)17(26)13-7-8-14-15(11-13)21-19(29)23(6)18(14)27/h7-8,11H,9-10,12H2,1-6H3,(H,21,29). The maximum absolute atomic E-state index is 13.1. The van der Waals surface area contributed by atoms with E-state index in [4.69, 9.17) is 17.0 Å². The van der Waals surface area contributed by atoms with Crippen molar-refractivity contribution >= 4 is 35.0 Å². The summed E-state index contributed by atoms with van der Waals surface area (Å²) in [5.74, 6) is -0.793. The average molecular weight is 421 g/mol. The molecule has 1 aromatic heterocycles. The van der Waals surface area contributed by atoms with Crippen LogP contribution >= 0.6 is 12.2 Å². The first-order valence-corrected chi connectivity index (χ1v) is 9.69. The summed E-state index contributed by atoms with van der Waals surface area (Å²) >= 11 is 5.15. The highest BCUT2D eigenvalue weighted by Gasteiger charge is 2.23. The van der Waals surface area contributed by atoms with E-state index in [9.17, 15) is 14.4 Å². The summed E-state index contributed by atoms with van der Waals surface area (Å²) in [4.78, 5) is 44.1. The van der Waals surface area contributed by atoms with E-state index in [2.05, 4.69) is 4.98 Å². The molecule has 0 fully saturated rings. The third kappa shape index (κ3) is 5.98. The average Bonchev–Trinajstić information content (AvgIpc) is 2.60. The molecular weight excluding hydrogens is 392 g/mol. The summed E-state index contributed by atoms with van der Waals surface area (Å²) in [5, 5.41) is 0.435. The molecule has 1 N–H and O–H groups in total. The number of hydrogen-bond donors (Lipinski definition) is 1. The van der Waals surface area contributed by atoms with Gasteiger partial charge in [-0.25, -0.2) is 0 Å². The first-order valence-electron chi connectivity index (χ1n) is 9.28. The van der Waals surface area contributed by atoms with Crippen molar-refractivity contribution in [3.63, 3.8) is 0 Å². The van der Waals surface area contributed by atoms with Crippen LogP contribution < -0.4 is 5.56 Å². The fourth-order valence-corrected chi connectivity index (χ4v) is 2.92. The molecule has 1 amide bonds. The Morgan fingerprint density at radius 3 is 2.45 bits per heavy atom. The zero-order valence-electron chi connectivity index (χ0n) is 17.7. The second kappa shape index (κ2) is 8.87. The van der Waals surface area contributed by atoms with E-state index in [1.165, 1.54) is 9.47 Å². The number of nitrogens with zero attached hydrogens (tertiary/aromatic N) is 3. The monoisotopic (exact) mass is 420 g/mol. The van der Waals surface area contributed by atoms with Crippen LogP contribution in [-0.2, 0) is 16.6 Å². The number of amides is 1. The maximum atomic E-state index is 13.1. The molecule has 0 bridgehead atoms. The Hall–Kier alpha value is -2.52. The molecule has 8 nitrogen and oxygen atoms in total. The fourth-order valence-electron chi connectivity index (χ4n) is 2.72. The largest absolute Gasteiger partial charge is 0.459 e. The van der Waals surface area contributed by atoms with E-state index in [0.717, 1.165) is 0 Å². The van der Waals surface area contributed by atoms with Gasteiger partial charge >= 0.3 is 5.97 Å². The van der Waals surface area contributed by atoms with Crippen molar-refractivity contribution in [1.29, 1.82) is 0 Å². The van der Waals surface area contributed by atoms with Gasteiger partial charge in [0.15, 0.2) is 4.77 Å². The predicted molar refractivity (Wildman–Crippen MR) is 115 cm³/mol. The molecule has 158 valence electrons. The molecule has 0 aliphatic rings. The molecule has 0 aliphatic carbocycles. The summed E-state index contributed by atoms with van der Waals surface area (Å²) in [5.41, 5.74) is -0.0287. The number of rotatable bonds is 6. The van der Waals surface area contributed by atoms with Gasteiger partial charge < -0.3 is 19.5 Å². The van der Waals surface area contributed by atoms with E-state index in [-0.39, 0.29) is 22.8 Å². The van der Waals surface area contributed by atoms with Crippen molar-refractivity contribution in [3.05, 3.63) is 38.9 Å². The molecule has 1 aromatic carbocycles. The molecule has 0 spiro atoms. The van der Waals surface area contributed by atoms with Gasteiger partial charge in [-0.2, -0.15) is 0 Å². The number of fused-ring (bicyclic) bond motifs is 1. The SMILES string of the molecule is CN(C)CCN(CC(=O)OC(C)(C)C)C(=O)c1ccc2c(=O)n(C)c(=S)[nH]c2c1. The van der Waals surface area contributed by atoms with Gasteiger partial charge in [-0.05, 0) is 65.3 Å². The summed E-state index contributed by atoms with van der Waals surface area (Å²) < 4.78 is 6.97. The van der Waals surface area contributed by atoms with Gasteiger partial charge in [-0.3, -0.25) is 19.0 Å². The van der Waals surface area contributed by atoms with Crippen molar-refractivity contribution < 1.29 is 14.3 Å². The Morgan fingerprint density at radius 2 is 1.86 bits per heavy atom. The molecule has 9 heteroatoms. The number of likely N-dealkylation sites (N-methyl/N-ethyl adjacent to an activating group) is 1. The van der Waals surface area contributed by atoms with Crippen LogP contribution in [0.3, 0.4) is 0 Å². The van der Waals surface area contributed by atoms with Crippen LogP contribution in [0.4, 0.5) is 0 Å². The van der Waals surface area contributed by atoms with Crippen molar-refractivity contribution in [1.82, 2.24) is 19.4 Å². The number of ether oxygens (including phenoxy) is 1. The molecule has 1 heterocycles. The van der Waals surface area contributed by atoms with E-state index >= 15 is 0 Å². The quantitative estimate of drug-likeness (QED) is 0.568. The van der Waals surface area contributed by atoms with Gasteiger partial charge in [-0.15, -0.1) is 0 Å². The molecule has 0 saturated heterocycles. The Balaban J connectivity index is 2.36. The Bertz CT molecular complexity index is 1030. The van der Waals surface area contributed by atoms with Gasteiger partial charge in [0.25, 0.3) is 11.5 Å². The summed E-state index contributed by atoms with van der Waals surface area (Å²) in [6.07, 6.45) is 0. The second-order valence-electron chi connectivity index (χ2n) is 8.17. The smallest absolute Gasteiger partial charge is 0.326 e. The number of hydrogen-bond acceptors (Lipinski definition) is 6. The van der Waals surface area contributed by atoms with Crippen LogP contribution in [0.15, 0.2) is 23.0 Å².